The third-order valence-corrected chi connectivity index (χ3v) is 6.91. The minimum absolute atomic E-state index is 0.139. The Morgan fingerprint density at radius 1 is 1.10 bits per heavy atom. The maximum absolute atomic E-state index is 14.6. The lowest BCUT2D eigenvalue weighted by Gasteiger charge is -2.36. The fourth-order valence-electron chi connectivity index (χ4n) is 4.82. The number of hydrogen-bond donors (Lipinski definition) is 3. The molecule has 2 atom stereocenters. The Kier molecular flexibility index (Phi) is 6.87. The van der Waals surface area contributed by atoms with Gasteiger partial charge < -0.3 is 30.4 Å². The van der Waals surface area contributed by atoms with Crippen molar-refractivity contribution >= 4 is 23.2 Å². The van der Waals surface area contributed by atoms with Gasteiger partial charge in [-0.1, -0.05) is 0 Å². The molecule has 3 aromatic heterocycles. The van der Waals surface area contributed by atoms with Gasteiger partial charge in [-0.25, -0.2) is 13.2 Å². The maximum Gasteiger partial charge on any atom is 0.228 e. The van der Waals surface area contributed by atoms with Crippen molar-refractivity contribution in [2.45, 2.75) is 12.3 Å². The highest BCUT2D eigenvalue weighted by molar-refractivity contribution is 5.61. The molecule has 206 valence electrons. The zero-order valence-corrected chi connectivity index (χ0v) is 21.0. The summed E-state index contributed by atoms with van der Waals surface area (Å²) in [5.41, 5.74) is 7.47. The van der Waals surface area contributed by atoms with E-state index in [1.54, 1.807) is 24.5 Å². The molecule has 11 nitrogen and oxygen atoms in total. The molecule has 1 aromatic carbocycles. The lowest BCUT2D eigenvalue weighted by Crippen LogP contribution is -2.48. The van der Waals surface area contributed by atoms with E-state index < -0.39 is 23.9 Å². The maximum atomic E-state index is 14.6. The predicted octanol–water partition coefficient (Wildman–Crippen LogP) is 2.17. The number of alkyl halides is 1. The highest BCUT2D eigenvalue weighted by Gasteiger charge is 2.30. The number of piperazine rings is 1. The van der Waals surface area contributed by atoms with Crippen LogP contribution in [0, 0.1) is 11.6 Å². The van der Waals surface area contributed by atoms with Gasteiger partial charge >= 0.3 is 0 Å². The van der Waals surface area contributed by atoms with Gasteiger partial charge in [-0.15, -0.1) is 0 Å². The Balaban J connectivity index is 1.03. The van der Waals surface area contributed by atoms with Gasteiger partial charge in [0.05, 0.1) is 12.0 Å². The average molecular weight is 544 g/mol. The standard InChI is InChI=1S/C25H28F3N9O2/c26-15-10-16(27)21(39-22-14-30-13-17(22)28)12-19(15)36-7-5-35(6-8-36)4-3-31-25-32-23-11-18(20-2-1-9-38-20)34-37(23)24(29)33-25/h1-2,9-12,17,22,30H,3-8,13-14H2,(H3,29,31,32,33)/t17-,22-/m0/s1. The smallest absolute Gasteiger partial charge is 0.228 e. The molecule has 2 saturated heterocycles. The highest BCUT2D eigenvalue weighted by Crippen LogP contribution is 2.30. The molecule has 0 unspecified atom stereocenters. The van der Waals surface area contributed by atoms with Crippen LogP contribution in [0.25, 0.3) is 17.1 Å². The number of hydrogen-bond acceptors (Lipinski definition) is 10. The number of benzene rings is 1. The Morgan fingerprint density at radius 3 is 2.69 bits per heavy atom. The van der Waals surface area contributed by atoms with E-state index in [4.69, 9.17) is 14.9 Å². The van der Waals surface area contributed by atoms with Crippen molar-refractivity contribution in [2.24, 2.45) is 0 Å². The zero-order chi connectivity index (χ0) is 26.9. The van der Waals surface area contributed by atoms with Crippen LogP contribution >= 0.6 is 0 Å². The Labute approximate surface area is 221 Å². The second kappa shape index (κ2) is 10.6. The number of anilines is 3. The molecule has 4 N–H and O–H groups in total. The van der Waals surface area contributed by atoms with E-state index in [0.717, 1.165) is 6.07 Å². The number of furan rings is 1. The van der Waals surface area contributed by atoms with Crippen LogP contribution in [0.3, 0.4) is 0 Å². The highest BCUT2D eigenvalue weighted by atomic mass is 19.1. The summed E-state index contributed by atoms with van der Waals surface area (Å²) in [6.07, 6.45) is -0.465. The van der Waals surface area contributed by atoms with E-state index in [9.17, 15) is 13.2 Å². The van der Waals surface area contributed by atoms with Crippen molar-refractivity contribution in [3.63, 3.8) is 0 Å². The molecule has 2 aliphatic rings. The molecule has 6 rings (SSSR count). The molecule has 4 aromatic rings. The van der Waals surface area contributed by atoms with Crippen LogP contribution in [0.5, 0.6) is 5.75 Å². The van der Waals surface area contributed by atoms with Crippen LogP contribution in [0.15, 0.2) is 41.0 Å². The van der Waals surface area contributed by atoms with Gasteiger partial charge in [-0.2, -0.15) is 19.6 Å². The van der Waals surface area contributed by atoms with E-state index >= 15 is 0 Å². The number of nitrogens with one attached hydrogen (secondary N) is 2. The first-order valence-electron chi connectivity index (χ1n) is 12.7. The topological polar surface area (TPSA) is 122 Å². The van der Waals surface area contributed by atoms with Gasteiger partial charge in [0.1, 0.15) is 17.6 Å². The van der Waals surface area contributed by atoms with Crippen LogP contribution in [-0.2, 0) is 0 Å². The third kappa shape index (κ3) is 5.29. The fourth-order valence-corrected chi connectivity index (χ4v) is 4.82. The summed E-state index contributed by atoms with van der Waals surface area (Å²) in [4.78, 5) is 12.8. The molecule has 0 spiro atoms. The molecule has 2 fully saturated rings. The van der Waals surface area contributed by atoms with Crippen LogP contribution < -0.4 is 26.0 Å². The van der Waals surface area contributed by atoms with E-state index in [2.05, 4.69) is 30.6 Å². The molecule has 0 bridgehead atoms. The van der Waals surface area contributed by atoms with E-state index in [1.165, 1.54) is 10.6 Å². The normalized spacial score (nSPS) is 20.1. The van der Waals surface area contributed by atoms with Crippen molar-refractivity contribution < 1.29 is 22.3 Å². The molecule has 0 saturated carbocycles. The van der Waals surface area contributed by atoms with Crippen molar-refractivity contribution in [1.82, 2.24) is 29.8 Å². The summed E-state index contributed by atoms with van der Waals surface area (Å²) in [6, 6.07) is 7.49. The summed E-state index contributed by atoms with van der Waals surface area (Å²) in [5, 5.41) is 10.4. The largest absolute Gasteiger partial charge is 0.483 e. The number of fused-ring (bicyclic) bond motifs is 1. The molecule has 39 heavy (non-hydrogen) atoms. The van der Waals surface area contributed by atoms with E-state index in [0.29, 0.717) is 62.3 Å². The molecule has 0 amide bonds. The van der Waals surface area contributed by atoms with Crippen molar-refractivity contribution in [1.29, 1.82) is 0 Å². The van der Waals surface area contributed by atoms with Gasteiger partial charge in [0, 0.05) is 70.6 Å². The van der Waals surface area contributed by atoms with Crippen molar-refractivity contribution in [3.8, 4) is 17.2 Å². The summed E-state index contributed by atoms with van der Waals surface area (Å²) in [5.74, 6) is -0.452. The Bertz CT molecular complexity index is 1440. The van der Waals surface area contributed by atoms with Gasteiger partial charge in [0.25, 0.3) is 0 Å². The monoisotopic (exact) mass is 543 g/mol. The minimum atomic E-state index is -1.24. The molecular weight excluding hydrogens is 515 g/mol. The number of nitrogen functional groups attached to an aromatic ring is 1. The van der Waals surface area contributed by atoms with Crippen LogP contribution in [0.1, 0.15) is 0 Å². The summed E-state index contributed by atoms with van der Waals surface area (Å²) >= 11 is 0. The van der Waals surface area contributed by atoms with Crippen LogP contribution in [-0.4, -0.2) is 89.1 Å². The van der Waals surface area contributed by atoms with Gasteiger partial charge in [0.2, 0.25) is 11.9 Å². The first kappa shape index (κ1) is 25.2. The number of nitrogens with two attached hydrogens (primary N) is 1. The van der Waals surface area contributed by atoms with Crippen molar-refractivity contribution in [3.05, 3.63) is 48.2 Å². The summed E-state index contributed by atoms with van der Waals surface area (Å²) in [6.45, 7) is 4.13. The number of ether oxygens (including phenoxy) is 1. The average Bonchev–Trinajstić information content (AvgIpc) is 3.68. The summed E-state index contributed by atoms with van der Waals surface area (Å²) in [7, 11) is 0. The lowest BCUT2D eigenvalue weighted by molar-refractivity contribution is 0.134. The Hall–Kier alpha value is -4.04. The number of aromatic nitrogens is 4. The van der Waals surface area contributed by atoms with Crippen molar-refractivity contribution in [2.75, 3.05) is 68.3 Å². The molecule has 2 aliphatic heterocycles. The quantitative estimate of drug-likeness (QED) is 0.305. The van der Waals surface area contributed by atoms with Gasteiger partial charge in [-0.05, 0) is 12.1 Å². The predicted molar refractivity (Wildman–Crippen MR) is 139 cm³/mol. The summed E-state index contributed by atoms with van der Waals surface area (Å²) < 4.78 is 55.2. The SMILES string of the molecule is Nc1nc(NCCN2CCN(c3cc(O[C@H]4CNC[C@@H]4F)c(F)cc3F)CC2)nc2cc(-c3ccco3)nn12. The molecular formula is C25H28F3N9O2. The molecule has 0 radical (unpaired) electrons. The van der Waals surface area contributed by atoms with Gasteiger partial charge in [-0.3, -0.25) is 4.90 Å². The lowest BCUT2D eigenvalue weighted by atomic mass is 10.2. The first-order chi connectivity index (χ1) is 18.9. The fraction of sp³-hybridized carbons (Fsp3) is 0.400. The van der Waals surface area contributed by atoms with Crippen LogP contribution in [0.4, 0.5) is 30.8 Å². The zero-order valence-electron chi connectivity index (χ0n) is 21.0. The Morgan fingerprint density at radius 2 is 1.95 bits per heavy atom. The first-order valence-corrected chi connectivity index (χ1v) is 12.7. The number of nitrogens with zero attached hydrogens (tertiary/aromatic N) is 6. The minimum Gasteiger partial charge on any atom is -0.483 e. The number of halogens is 3. The molecule has 0 aliphatic carbocycles. The van der Waals surface area contributed by atoms with Crippen LogP contribution in [0.2, 0.25) is 0 Å². The molecule has 5 heterocycles. The molecule has 14 heteroatoms. The third-order valence-electron chi connectivity index (χ3n) is 6.91. The second-order valence-electron chi connectivity index (χ2n) is 9.50. The number of rotatable bonds is 8. The second-order valence-corrected chi connectivity index (χ2v) is 9.50. The van der Waals surface area contributed by atoms with Gasteiger partial charge in [0.15, 0.2) is 29.1 Å². The van der Waals surface area contributed by atoms with E-state index in [-0.39, 0.29) is 30.5 Å². The van der Waals surface area contributed by atoms with E-state index in [1.807, 2.05) is 4.90 Å².